The van der Waals surface area contributed by atoms with Crippen LogP contribution in [0, 0.1) is 5.92 Å². The number of nitrogens with zero attached hydrogens (tertiary/aromatic N) is 2. The number of benzene rings is 2. The Bertz CT molecular complexity index is 1220. The molecule has 3 heterocycles. The Morgan fingerprint density at radius 3 is 2.52 bits per heavy atom. The molecule has 1 unspecified atom stereocenters. The van der Waals surface area contributed by atoms with Crippen LogP contribution in [0.25, 0.3) is 10.1 Å². The van der Waals surface area contributed by atoms with Gasteiger partial charge in [0.25, 0.3) is 5.91 Å². The number of fused-ring (bicyclic) bond motifs is 1. The van der Waals surface area contributed by atoms with Crippen LogP contribution in [0.5, 0.6) is 0 Å². The molecule has 3 aromatic rings. The van der Waals surface area contributed by atoms with Gasteiger partial charge in [-0.3, -0.25) is 14.4 Å². The zero-order valence-corrected chi connectivity index (χ0v) is 19.6. The maximum Gasteiger partial charge on any atom is 0.261 e. The Hall–Kier alpha value is -2.90. The van der Waals surface area contributed by atoms with E-state index in [2.05, 4.69) is 5.32 Å². The first-order valence-corrected chi connectivity index (χ1v) is 12.4. The average Bonchev–Trinajstić information content (AvgIpc) is 3.41. The fraction of sp³-hybridized carbons (Fsp3) is 0.320. The maximum atomic E-state index is 12.6. The quantitative estimate of drug-likeness (QED) is 0.566. The Morgan fingerprint density at radius 2 is 1.76 bits per heavy atom. The van der Waals surface area contributed by atoms with Gasteiger partial charge in [-0.1, -0.05) is 17.7 Å². The normalized spacial score (nSPS) is 18.9. The number of halogens is 1. The summed E-state index contributed by atoms with van der Waals surface area (Å²) in [7, 11) is 0. The van der Waals surface area contributed by atoms with Gasteiger partial charge in [0.2, 0.25) is 11.8 Å². The number of carbonyl (C=O) groups is 3. The average molecular weight is 482 g/mol. The van der Waals surface area contributed by atoms with Crippen molar-refractivity contribution in [1.29, 1.82) is 0 Å². The van der Waals surface area contributed by atoms with Gasteiger partial charge in [-0.05, 0) is 60.7 Å². The van der Waals surface area contributed by atoms with Gasteiger partial charge in [0.15, 0.2) is 0 Å². The molecule has 8 heteroatoms. The minimum atomic E-state index is -0.131. The Labute approximate surface area is 201 Å². The van der Waals surface area contributed by atoms with E-state index < -0.39 is 0 Å². The van der Waals surface area contributed by atoms with Crippen molar-refractivity contribution in [2.45, 2.75) is 25.7 Å². The zero-order valence-electron chi connectivity index (χ0n) is 18.1. The van der Waals surface area contributed by atoms with Crippen LogP contribution in [0.15, 0.2) is 48.5 Å². The van der Waals surface area contributed by atoms with Crippen molar-refractivity contribution >= 4 is 62.1 Å². The number of hydrogen-bond acceptors (Lipinski definition) is 4. The van der Waals surface area contributed by atoms with Crippen LogP contribution in [0.3, 0.4) is 0 Å². The molecule has 33 heavy (non-hydrogen) atoms. The number of thiophene rings is 1. The van der Waals surface area contributed by atoms with E-state index in [1.54, 1.807) is 4.90 Å². The second kappa shape index (κ2) is 9.15. The third-order valence-corrected chi connectivity index (χ3v) is 7.59. The van der Waals surface area contributed by atoms with E-state index in [4.69, 9.17) is 11.6 Å². The number of amides is 3. The standard InChI is InChI=1S/C25H24ClN3O3S/c26-18-5-4-17-12-22(33-21(17)13-18)25(32)27-14-16-11-24(31)29(15-16)20-8-6-19(7-9-20)28-10-2-1-3-23(28)30/h4-9,12-13,16H,1-3,10-11,14-15H2,(H,27,32). The molecule has 1 N–H and O–H groups in total. The fourth-order valence-corrected chi connectivity index (χ4v) is 5.76. The summed E-state index contributed by atoms with van der Waals surface area (Å²) in [5, 5.41) is 4.62. The summed E-state index contributed by atoms with van der Waals surface area (Å²) in [6.07, 6.45) is 2.95. The molecule has 0 radical (unpaired) electrons. The van der Waals surface area contributed by atoms with Crippen LogP contribution >= 0.6 is 22.9 Å². The van der Waals surface area contributed by atoms with E-state index in [1.165, 1.54) is 11.3 Å². The van der Waals surface area contributed by atoms with Crippen molar-refractivity contribution in [3.8, 4) is 0 Å². The minimum Gasteiger partial charge on any atom is -0.351 e. The van der Waals surface area contributed by atoms with E-state index in [-0.39, 0.29) is 23.6 Å². The monoisotopic (exact) mass is 481 g/mol. The molecular formula is C25H24ClN3O3S. The number of nitrogens with one attached hydrogen (secondary N) is 1. The summed E-state index contributed by atoms with van der Waals surface area (Å²) in [6.45, 7) is 1.75. The Morgan fingerprint density at radius 1 is 1.00 bits per heavy atom. The number of carbonyl (C=O) groups excluding carboxylic acids is 3. The molecule has 2 aliphatic heterocycles. The van der Waals surface area contributed by atoms with Crippen molar-refractivity contribution in [3.63, 3.8) is 0 Å². The molecule has 0 aliphatic carbocycles. The highest BCUT2D eigenvalue weighted by Gasteiger charge is 2.31. The Balaban J connectivity index is 1.19. The van der Waals surface area contributed by atoms with Gasteiger partial charge >= 0.3 is 0 Å². The lowest BCUT2D eigenvalue weighted by atomic mass is 10.1. The number of hydrogen-bond donors (Lipinski definition) is 1. The summed E-state index contributed by atoms with van der Waals surface area (Å²) in [4.78, 5) is 41.6. The van der Waals surface area contributed by atoms with Gasteiger partial charge in [-0.15, -0.1) is 11.3 Å². The van der Waals surface area contributed by atoms with Crippen LogP contribution < -0.4 is 15.1 Å². The molecule has 170 valence electrons. The third kappa shape index (κ3) is 4.61. The van der Waals surface area contributed by atoms with Gasteiger partial charge in [-0.25, -0.2) is 0 Å². The highest BCUT2D eigenvalue weighted by atomic mass is 35.5. The van der Waals surface area contributed by atoms with Crippen LogP contribution in [0.4, 0.5) is 11.4 Å². The number of anilines is 2. The molecule has 2 saturated heterocycles. The molecule has 1 atom stereocenters. The lowest BCUT2D eigenvalue weighted by Gasteiger charge is -2.27. The molecule has 0 spiro atoms. The van der Waals surface area contributed by atoms with E-state index >= 15 is 0 Å². The lowest BCUT2D eigenvalue weighted by Crippen LogP contribution is -2.35. The first kappa shape index (κ1) is 21.9. The van der Waals surface area contributed by atoms with E-state index in [9.17, 15) is 14.4 Å². The third-order valence-electron chi connectivity index (χ3n) is 6.26. The predicted octanol–water partition coefficient (Wildman–Crippen LogP) is 4.85. The molecule has 5 rings (SSSR count). The maximum absolute atomic E-state index is 12.6. The number of piperidine rings is 1. The van der Waals surface area contributed by atoms with E-state index in [1.807, 2.05) is 53.4 Å². The molecule has 0 saturated carbocycles. The van der Waals surface area contributed by atoms with Crippen LogP contribution in [-0.2, 0) is 9.59 Å². The first-order chi connectivity index (χ1) is 16.0. The van der Waals surface area contributed by atoms with E-state index in [0.717, 1.165) is 40.8 Å². The van der Waals surface area contributed by atoms with Gasteiger partial charge in [-0.2, -0.15) is 0 Å². The summed E-state index contributed by atoms with van der Waals surface area (Å²) in [6, 6.07) is 15.1. The molecular weight excluding hydrogens is 458 g/mol. The van der Waals surface area contributed by atoms with Crippen molar-refractivity contribution in [2.24, 2.45) is 5.92 Å². The molecule has 6 nitrogen and oxygen atoms in total. The highest BCUT2D eigenvalue weighted by molar-refractivity contribution is 7.20. The van der Waals surface area contributed by atoms with Crippen molar-refractivity contribution in [2.75, 3.05) is 29.4 Å². The van der Waals surface area contributed by atoms with Crippen LogP contribution in [0.1, 0.15) is 35.4 Å². The molecule has 3 amide bonds. The first-order valence-electron chi connectivity index (χ1n) is 11.2. The SMILES string of the molecule is O=C(NCC1CC(=O)N(c2ccc(N3CCCCC3=O)cc2)C1)c1cc2ccc(Cl)cc2s1. The van der Waals surface area contributed by atoms with Crippen molar-refractivity contribution < 1.29 is 14.4 Å². The topological polar surface area (TPSA) is 69.7 Å². The number of rotatable bonds is 5. The molecule has 2 fully saturated rings. The van der Waals surface area contributed by atoms with Crippen molar-refractivity contribution in [1.82, 2.24) is 5.32 Å². The Kier molecular flexibility index (Phi) is 6.08. The van der Waals surface area contributed by atoms with Gasteiger partial charge in [0.1, 0.15) is 0 Å². The van der Waals surface area contributed by atoms with Crippen molar-refractivity contribution in [3.05, 3.63) is 58.4 Å². The lowest BCUT2D eigenvalue weighted by molar-refractivity contribution is -0.119. The largest absolute Gasteiger partial charge is 0.351 e. The zero-order chi connectivity index (χ0) is 22.9. The van der Waals surface area contributed by atoms with Crippen LogP contribution in [-0.4, -0.2) is 37.4 Å². The molecule has 0 bridgehead atoms. The second-order valence-corrected chi connectivity index (χ2v) is 10.1. The molecule has 2 aromatic carbocycles. The summed E-state index contributed by atoms with van der Waals surface area (Å²) in [5.74, 6) is 0.124. The van der Waals surface area contributed by atoms with Gasteiger partial charge in [0, 0.05) is 59.5 Å². The summed E-state index contributed by atoms with van der Waals surface area (Å²) < 4.78 is 0.976. The second-order valence-electron chi connectivity index (χ2n) is 8.60. The van der Waals surface area contributed by atoms with E-state index in [0.29, 0.717) is 35.8 Å². The molecule has 2 aliphatic rings. The minimum absolute atomic E-state index is 0.0487. The highest BCUT2D eigenvalue weighted by Crippen LogP contribution is 2.30. The van der Waals surface area contributed by atoms with Gasteiger partial charge < -0.3 is 15.1 Å². The summed E-state index contributed by atoms with van der Waals surface area (Å²) in [5.41, 5.74) is 1.70. The van der Waals surface area contributed by atoms with Crippen LogP contribution in [0.2, 0.25) is 5.02 Å². The van der Waals surface area contributed by atoms with Gasteiger partial charge in [0.05, 0.1) is 4.88 Å². The fourth-order valence-electron chi connectivity index (χ4n) is 4.50. The summed E-state index contributed by atoms with van der Waals surface area (Å²) >= 11 is 7.45. The smallest absolute Gasteiger partial charge is 0.261 e. The predicted molar refractivity (Wildman–Crippen MR) is 132 cm³/mol. The molecule has 1 aromatic heterocycles.